The van der Waals surface area contributed by atoms with Crippen LogP contribution in [0.2, 0.25) is 5.02 Å². The minimum Gasteiger partial charge on any atom is -0.497 e. The average molecular weight is 352 g/mol. The topological polar surface area (TPSA) is 59.4 Å². The number of hydrogen-bond donors (Lipinski definition) is 1. The fraction of sp³-hybridized carbons (Fsp3) is 0.0526. The van der Waals surface area contributed by atoms with Crippen LogP contribution in [0.15, 0.2) is 65.5 Å². The Hall–Kier alpha value is -3.05. The predicted octanol–water partition coefficient (Wildman–Crippen LogP) is 4.02. The van der Waals surface area contributed by atoms with Crippen molar-refractivity contribution in [3.05, 3.63) is 76.0 Å². The van der Waals surface area contributed by atoms with Crippen molar-refractivity contribution in [1.29, 1.82) is 0 Å². The molecule has 2 aromatic carbocycles. The van der Waals surface area contributed by atoms with E-state index in [2.05, 4.69) is 10.1 Å². The van der Waals surface area contributed by atoms with E-state index >= 15 is 0 Å². The molecular formula is C19H14ClN3O2. The van der Waals surface area contributed by atoms with E-state index in [1.807, 2.05) is 42.5 Å². The van der Waals surface area contributed by atoms with Gasteiger partial charge < -0.3 is 4.74 Å². The number of nitrogens with one attached hydrogen (secondary N) is 1. The maximum absolute atomic E-state index is 12.4. The highest BCUT2D eigenvalue weighted by Crippen LogP contribution is 2.23. The van der Waals surface area contributed by atoms with Gasteiger partial charge in [-0.1, -0.05) is 23.7 Å². The summed E-state index contributed by atoms with van der Waals surface area (Å²) in [4.78, 5) is 17.0. The number of benzene rings is 2. The first kappa shape index (κ1) is 15.5. The average Bonchev–Trinajstić information content (AvgIpc) is 3.07. The zero-order valence-corrected chi connectivity index (χ0v) is 14.1. The van der Waals surface area contributed by atoms with Gasteiger partial charge in [0.25, 0.3) is 5.56 Å². The molecule has 0 spiro atoms. The van der Waals surface area contributed by atoms with Gasteiger partial charge in [-0.15, -0.1) is 0 Å². The lowest BCUT2D eigenvalue weighted by atomic mass is 10.1. The van der Waals surface area contributed by atoms with Crippen LogP contribution in [0.4, 0.5) is 0 Å². The van der Waals surface area contributed by atoms with Crippen LogP contribution < -0.4 is 10.3 Å². The molecule has 0 saturated carbocycles. The lowest BCUT2D eigenvalue weighted by Crippen LogP contribution is -2.14. The van der Waals surface area contributed by atoms with E-state index in [1.165, 1.54) is 10.6 Å². The summed E-state index contributed by atoms with van der Waals surface area (Å²) >= 11 is 5.93. The molecule has 0 bridgehead atoms. The van der Waals surface area contributed by atoms with E-state index in [0.717, 1.165) is 22.6 Å². The van der Waals surface area contributed by atoms with Gasteiger partial charge in [0.05, 0.1) is 18.5 Å². The quantitative estimate of drug-likeness (QED) is 0.606. The number of H-pyrrole nitrogens is 1. The number of methoxy groups -OCH3 is 1. The Morgan fingerprint density at radius 1 is 1.00 bits per heavy atom. The third-order valence-electron chi connectivity index (χ3n) is 3.99. The largest absolute Gasteiger partial charge is 0.497 e. The maximum atomic E-state index is 12.4. The van der Waals surface area contributed by atoms with Crippen LogP contribution in [-0.4, -0.2) is 21.7 Å². The normalized spacial score (nSPS) is 11.0. The summed E-state index contributed by atoms with van der Waals surface area (Å²) in [6.45, 7) is 0. The molecule has 0 aliphatic carbocycles. The zero-order chi connectivity index (χ0) is 17.4. The molecular weight excluding hydrogens is 338 g/mol. The molecule has 0 fully saturated rings. The lowest BCUT2D eigenvalue weighted by Gasteiger charge is -2.03. The van der Waals surface area contributed by atoms with E-state index in [4.69, 9.17) is 16.3 Å². The minimum absolute atomic E-state index is 0.170. The van der Waals surface area contributed by atoms with Gasteiger partial charge in [-0.2, -0.15) is 0 Å². The van der Waals surface area contributed by atoms with E-state index in [-0.39, 0.29) is 5.56 Å². The second-order valence-corrected chi connectivity index (χ2v) is 6.01. The third kappa shape index (κ3) is 2.90. The Bertz CT molecular complexity index is 1100. The Kier molecular flexibility index (Phi) is 3.78. The molecule has 4 rings (SSSR count). The van der Waals surface area contributed by atoms with E-state index in [1.54, 1.807) is 19.2 Å². The van der Waals surface area contributed by atoms with Crippen LogP contribution in [0.3, 0.4) is 0 Å². The van der Waals surface area contributed by atoms with Crippen LogP contribution in [0.1, 0.15) is 0 Å². The molecule has 0 radical (unpaired) electrons. The highest BCUT2D eigenvalue weighted by atomic mass is 35.5. The number of fused-ring (bicyclic) bond motifs is 1. The summed E-state index contributed by atoms with van der Waals surface area (Å²) in [5, 5.41) is 3.74. The molecule has 0 aliphatic heterocycles. The first-order valence-corrected chi connectivity index (χ1v) is 8.05. The summed E-state index contributed by atoms with van der Waals surface area (Å²) in [6, 6.07) is 18.2. The van der Waals surface area contributed by atoms with Crippen molar-refractivity contribution in [3.63, 3.8) is 0 Å². The summed E-state index contributed by atoms with van der Waals surface area (Å²) in [5.41, 5.74) is 3.59. The summed E-state index contributed by atoms with van der Waals surface area (Å²) in [5.74, 6) is 0.758. The fourth-order valence-electron chi connectivity index (χ4n) is 2.68. The van der Waals surface area contributed by atoms with Gasteiger partial charge in [0.15, 0.2) is 5.65 Å². The molecule has 0 unspecified atom stereocenters. The summed E-state index contributed by atoms with van der Waals surface area (Å²) in [6.07, 6.45) is 0. The van der Waals surface area contributed by atoms with Crippen molar-refractivity contribution in [2.45, 2.75) is 0 Å². The highest BCUT2D eigenvalue weighted by molar-refractivity contribution is 6.30. The van der Waals surface area contributed by atoms with Crippen molar-refractivity contribution in [2.75, 3.05) is 7.11 Å². The first-order chi connectivity index (χ1) is 12.1. The third-order valence-corrected chi connectivity index (χ3v) is 4.24. The first-order valence-electron chi connectivity index (χ1n) is 7.67. The molecule has 2 aromatic heterocycles. The maximum Gasteiger partial charge on any atom is 0.273 e. The van der Waals surface area contributed by atoms with Gasteiger partial charge >= 0.3 is 0 Å². The highest BCUT2D eigenvalue weighted by Gasteiger charge is 2.09. The molecule has 2 heterocycles. The smallest absolute Gasteiger partial charge is 0.273 e. The van der Waals surface area contributed by atoms with E-state index in [0.29, 0.717) is 16.4 Å². The van der Waals surface area contributed by atoms with Crippen LogP contribution in [0.25, 0.3) is 28.2 Å². The molecule has 1 N–H and O–H groups in total. The predicted molar refractivity (Wildman–Crippen MR) is 98.2 cm³/mol. The zero-order valence-electron chi connectivity index (χ0n) is 13.4. The van der Waals surface area contributed by atoms with Crippen molar-refractivity contribution in [1.82, 2.24) is 14.6 Å². The standard InChI is InChI=1S/C19H14ClN3O2/c1-25-15-8-4-12(5-9-15)16-11-19(24)23-18(21-16)10-17(22-23)13-2-6-14(20)7-3-13/h2-11,22H,1H3. The summed E-state index contributed by atoms with van der Waals surface area (Å²) < 4.78 is 6.59. The monoisotopic (exact) mass is 351 g/mol. The number of ether oxygens (including phenoxy) is 1. The second kappa shape index (κ2) is 6.11. The second-order valence-electron chi connectivity index (χ2n) is 5.58. The van der Waals surface area contributed by atoms with Gasteiger partial charge in [0, 0.05) is 22.7 Å². The minimum atomic E-state index is -0.170. The number of halogens is 1. The number of hydrogen-bond acceptors (Lipinski definition) is 3. The molecule has 0 atom stereocenters. The van der Waals surface area contributed by atoms with Crippen LogP contribution in [-0.2, 0) is 0 Å². The lowest BCUT2D eigenvalue weighted by molar-refractivity contribution is 0.415. The Morgan fingerprint density at radius 3 is 2.36 bits per heavy atom. The molecule has 0 saturated heterocycles. The van der Waals surface area contributed by atoms with Gasteiger partial charge in [-0.05, 0) is 42.0 Å². The SMILES string of the molecule is COc1ccc(-c2cc(=O)n3[nH]c(-c4ccc(Cl)cc4)cc3n2)cc1. The molecule has 25 heavy (non-hydrogen) atoms. The van der Waals surface area contributed by atoms with Crippen molar-refractivity contribution < 1.29 is 4.74 Å². The Labute approximate surface area is 148 Å². The molecule has 0 aliphatic rings. The summed E-state index contributed by atoms with van der Waals surface area (Å²) in [7, 11) is 1.61. The molecule has 5 nitrogen and oxygen atoms in total. The number of aromatic nitrogens is 3. The molecule has 6 heteroatoms. The van der Waals surface area contributed by atoms with Gasteiger partial charge in [-0.25, -0.2) is 9.50 Å². The Balaban J connectivity index is 1.81. The van der Waals surface area contributed by atoms with E-state index < -0.39 is 0 Å². The number of aromatic amines is 1. The van der Waals surface area contributed by atoms with E-state index in [9.17, 15) is 4.79 Å². The Morgan fingerprint density at radius 2 is 1.68 bits per heavy atom. The van der Waals surface area contributed by atoms with Crippen molar-refractivity contribution in [2.24, 2.45) is 0 Å². The molecule has 0 amide bonds. The van der Waals surface area contributed by atoms with Gasteiger partial charge in [0.2, 0.25) is 0 Å². The van der Waals surface area contributed by atoms with Crippen LogP contribution >= 0.6 is 11.6 Å². The molecule has 4 aromatic rings. The van der Waals surface area contributed by atoms with Gasteiger partial charge in [-0.3, -0.25) is 9.89 Å². The number of nitrogens with zero attached hydrogens (tertiary/aromatic N) is 2. The van der Waals surface area contributed by atoms with Crippen molar-refractivity contribution in [3.8, 4) is 28.3 Å². The van der Waals surface area contributed by atoms with Crippen LogP contribution in [0.5, 0.6) is 5.75 Å². The molecule has 124 valence electrons. The van der Waals surface area contributed by atoms with Gasteiger partial charge in [0.1, 0.15) is 5.75 Å². The van der Waals surface area contributed by atoms with Crippen molar-refractivity contribution >= 4 is 17.2 Å². The van der Waals surface area contributed by atoms with Crippen LogP contribution in [0, 0.1) is 0 Å². The number of rotatable bonds is 3. The fourth-order valence-corrected chi connectivity index (χ4v) is 2.80.